The second kappa shape index (κ2) is 8.33. The normalized spacial score (nSPS) is 12.3. The number of sulfonamides is 1. The molecular weight excluding hydrogens is 238 g/mol. The molecule has 0 aliphatic heterocycles. The number of unbranched alkanes of at least 4 members (excludes halogenated alkanes) is 1. The molecule has 0 atom stereocenters. The topological polar surface area (TPSA) is 57.6 Å². The Hall–Kier alpha value is 0.160. The zero-order chi connectivity index (χ0) is 11.7. The molecule has 0 spiro atoms. The van der Waals surface area contributed by atoms with Gasteiger partial charge in [0.1, 0.15) is 0 Å². The first-order valence-electron chi connectivity index (χ1n) is 5.23. The van der Waals surface area contributed by atoms with Crippen molar-refractivity contribution in [3.8, 4) is 0 Å². The van der Waals surface area contributed by atoms with Crippen LogP contribution in [0, 0.1) is 0 Å². The van der Waals surface area contributed by atoms with E-state index in [0.717, 1.165) is 6.42 Å². The van der Waals surface area contributed by atoms with Crippen molar-refractivity contribution in [3.05, 3.63) is 0 Å². The van der Waals surface area contributed by atoms with Crippen LogP contribution in [0.2, 0.25) is 0 Å². The van der Waals surface area contributed by atoms with Gasteiger partial charge >= 0.3 is 0 Å². The monoisotopic (exact) mass is 257 g/mol. The third-order valence-electron chi connectivity index (χ3n) is 2.10. The van der Waals surface area contributed by atoms with Gasteiger partial charge in [-0.15, -0.1) is 11.6 Å². The van der Waals surface area contributed by atoms with Crippen LogP contribution < -0.4 is 0 Å². The first-order chi connectivity index (χ1) is 7.08. The number of hydrogen-bond donors (Lipinski definition) is 1. The van der Waals surface area contributed by atoms with Crippen LogP contribution in [0.3, 0.4) is 0 Å². The molecule has 15 heavy (non-hydrogen) atoms. The van der Waals surface area contributed by atoms with Crippen LogP contribution in [0.15, 0.2) is 0 Å². The molecule has 92 valence electrons. The van der Waals surface area contributed by atoms with E-state index >= 15 is 0 Å². The predicted octanol–water partition coefficient (Wildman–Crippen LogP) is 1.04. The Bertz CT molecular complexity index is 244. The van der Waals surface area contributed by atoms with E-state index in [2.05, 4.69) is 0 Å². The Morgan fingerprint density at radius 3 is 2.40 bits per heavy atom. The van der Waals surface area contributed by atoms with E-state index in [0.29, 0.717) is 31.8 Å². The van der Waals surface area contributed by atoms with Gasteiger partial charge in [0.15, 0.2) is 0 Å². The van der Waals surface area contributed by atoms with Gasteiger partial charge in [0.25, 0.3) is 0 Å². The lowest BCUT2D eigenvalue weighted by molar-refractivity contribution is 0.271. The van der Waals surface area contributed by atoms with Gasteiger partial charge in [-0.05, 0) is 19.3 Å². The lowest BCUT2D eigenvalue weighted by atomic mass is 10.4. The zero-order valence-corrected chi connectivity index (χ0v) is 10.7. The highest BCUT2D eigenvalue weighted by atomic mass is 35.5. The van der Waals surface area contributed by atoms with Gasteiger partial charge in [0, 0.05) is 25.6 Å². The molecule has 0 saturated heterocycles. The minimum Gasteiger partial charge on any atom is -0.396 e. The lowest BCUT2D eigenvalue weighted by Crippen LogP contribution is -2.34. The molecule has 0 aromatic rings. The summed E-state index contributed by atoms with van der Waals surface area (Å²) in [7, 11) is -3.15. The molecule has 0 aromatic carbocycles. The van der Waals surface area contributed by atoms with Gasteiger partial charge < -0.3 is 5.11 Å². The minimum atomic E-state index is -3.15. The predicted molar refractivity (Wildman–Crippen MR) is 62.7 cm³/mol. The third-order valence-corrected chi connectivity index (χ3v) is 4.40. The van der Waals surface area contributed by atoms with E-state index in [1.807, 2.05) is 0 Å². The molecule has 0 amide bonds. The summed E-state index contributed by atoms with van der Waals surface area (Å²) in [6, 6.07) is 0. The molecule has 0 fully saturated rings. The number of aliphatic hydroxyl groups excluding tert-OH is 1. The summed E-state index contributed by atoms with van der Waals surface area (Å²) in [5, 5.41) is 8.65. The standard InChI is InChI=1S/C9H20ClNO3S/c1-2-11(7-5-8-12)15(13,14)9-4-3-6-10/h12H,2-9H2,1H3. The molecule has 0 aromatic heterocycles. The lowest BCUT2D eigenvalue weighted by Gasteiger charge is -2.19. The van der Waals surface area contributed by atoms with E-state index in [4.69, 9.17) is 16.7 Å². The van der Waals surface area contributed by atoms with Gasteiger partial charge in [-0.3, -0.25) is 0 Å². The fourth-order valence-electron chi connectivity index (χ4n) is 1.25. The van der Waals surface area contributed by atoms with Crippen molar-refractivity contribution >= 4 is 21.6 Å². The van der Waals surface area contributed by atoms with Crippen LogP contribution in [0.1, 0.15) is 26.2 Å². The van der Waals surface area contributed by atoms with Crippen molar-refractivity contribution in [1.29, 1.82) is 0 Å². The number of halogens is 1. The summed E-state index contributed by atoms with van der Waals surface area (Å²) < 4.78 is 24.9. The first-order valence-corrected chi connectivity index (χ1v) is 7.37. The summed E-state index contributed by atoms with van der Waals surface area (Å²) in [5.41, 5.74) is 0. The summed E-state index contributed by atoms with van der Waals surface area (Å²) in [6.07, 6.45) is 1.81. The summed E-state index contributed by atoms with van der Waals surface area (Å²) in [6.45, 7) is 2.68. The molecule has 0 saturated carbocycles. The van der Waals surface area contributed by atoms with Crippen LogP contribution in [-0.2, 0) is 10.0 Å². The number of hydrogen-bond acceptors (Lipinski definition) is 3. The highest BCUT2D eigenvalue weighted by Crippen LogP contribution is 2.06. The highest BCUT2D eigenvalue weighted by molar-refractivity contribution is 7.89. The van der Waals surface area contributed by atoms with Gasteiger partial charge in [0.2, 0.25) is 10.0 Å². The SMILES string of the molecule is CCN(CCCO)S(=O)(=O)CCCCCl. The Balaban J connectivity index is 4.13. The van der Waals surface area contributed by atoms with Crippen molar-refractivity contribution in [3.63, 3.8) is 0 Å². The van der Waals surface area contributed by atoms with E-state index in [1.165, 1.54) is 4.31 Å². The average Bonchev–Trinajstić information content (AvgIpc) is 2.19. The van der Waals surface area contributed by atoms with E-state index in [9.17, 15) is 8.42 Å². The highest BCUT2D eigenvalue weighted by Gasteiger charge is 2.18. The summed E-state index contributed by atoms with van der Waals surface area (Å²) in [5.74, 6) is 0.650. The van der Waals surface area contributed by atoms with Crippen molar-refractivity contribution in [2.75, 3.05) is 31.3 Å². The smallest absolute Gasteiger partial charge is 0.214 e. The molecule has 0 rings (SSSR count). The molecular formula is C9H20ClNO3S. The Morgan fingerprint density at radius 1 is 1.27 bits per heavy atom. The van der Waals surface area contributed by atoms with Gasteiger partial charge in [0.05, 0.1) is 5.75 Å². The maximum Gasteiger partial charge on any atom is 0.214 e. The number of aliphatic hydroxyl groups is 1. The number of alkyl halides is 1. The molecule has 0 radical (unpaired) electrons. The fourth-order valence-corrected chi connectivity index (χ4v) is 3.07. The van der Waals surface area contributed by atoms with E-state index in [1.54, 1.807) is 6.92 Å². The zero-order valence-electron chi connectivity index (χ0n) is 9.15. The Labute approximate surface area is 97.3 Å². The van der Waals surface area contributed by atoms with Crippen molar-refractivity contribution in [2.45, 2.75) is 26.2 Å². The van der Waals surface area contributed by atoms with Crippen LogP contribution in [0.5, 0.6) is 0 Å². The molecule has 0 unspecified atom stereocenters. The summed E-state index contributed by atoms with van der Waals surface area (Å²) >= 11 is 5.49. The molecule has 1 N–H and O–H groups in total. The maximum atomic E-state index is 11.7. The Kier molecular flexibility index (Phi) is 8.42. The first kappa shape index (κ1) is 15.2. The second-order valence-electron chi connectivity index (χ2n) is 3.28. The molecule has 6 heteroatoms. The van der Waals surface area contributed by atoms with Gasteiger partial charge in [-0.1, -0.05) is 6.92 Å². The fraction of sp³-hybridized carbons (Fsp3) is 1.00. The second-order valence-corrected chi connectivity index (χ2v) is 5.75. The molecule has 0 aliphatic rings. The maximum absolute atomic E-state index is 11.7. The number of rotatable bonds is 9. The van der Waals surface area contributed by atoms with Crippen LogP contribution in [0.25, 0.3) is 0 Å². The van der Waals surface area contributed by atoms with Crippen molar-refractivity contribution < 1.29 is 13.5 Å². The summed E-state index contributed by atoms with van der Waals surface area (Å²) in [4.78, 5) is 0. The van der Waals surface area contributed by atoms with Crippen molar-refractivity contribution in [1.82, 2.24) is 4.31 Å². The van der Waals surface area contributed by atoms with Crippen molar-refractivity contribution in [2.24, 2.45) is 0 Å². The molecule has 4 nitrogen and oxygen atoms in total. The third kappa shape index (κ3) is 6.35. The van der Waals surface area contributed by atoms with E-state index in [-0.39, 0.29) is 12.4 Å². The quantitative estimate of drug-likeness (QED) is 0.496. The van der Waals surface area contributed by atoms with Crippen LogP contribution in [0.4, 0.5) is 0 Å². The molecule has 0 aliphatic carbocycles. The van der Waals surface area contributed by atoms with Gasteiger partial charge in [-0.25, -0.2) is 12.7 Å². The molecule has 0 bridgehead atoms. The minimum absolute atomic E-state index is 0.0215. The largest absolute Gasteiger partial charge is 0.396 e. The van der Waals surface area contributed by atoms with Crippen LogP contribution >= 0.6 is 11.6 Å². The average molecular weight is 258 g/mol. The Morgan fingerprint density at radius 2 is 1.93 bits per heavy atom. The van der Waals surface area contributed by atoms with Gasteiger partial charge in [-0.2, -0.15) is 0 Å². The van der Waals surface area contributed by atoms with Crippen LogP contribution in [-0.4, -0.2) is 49.2 Å². The molecule has 0 heterocycles. The van der Waals surface area contributed by atoms with E-state index < -0.39 is 10.0 Å². The number of nitrogens with zero attached hydrogens (tertiary/aromatic N) is 1.